The molecule has 1 aliphatic rings. The number of carbonyl (C=O) groups excluding carboxylic acids is 1. The lowest BCUT2D eigenvalue weighted by Crippen LogP contribution is -2.17. The average molecular weight is 229 g/mol. The molecule has 0 aliphatic carbocycles. The van der Waals surface area contributed by atoms with Gasteiger partial charge in [0, 0.05) is 13.3 Å². The summed E-state index contributed by atoms with van der Waals surface area (Å²) < 4.78 is 1.70. The van der Waals surface area contributed by atoms with Crippen LogP contribution in [0.2, 0.25) is 0 Å². The van der Waals surface area contributed by atoms with E-state index in [1.54, 1.807) is 4.68 Å². The van der Waals surface area contributed by atoms with Crippen LogP contribution in [0.1, 0.15) is 18.3 Å². The zero-order valence-corrected chi connectivity index (χ0v) is 9.34. The van der Waals surface area contributed by atoms with Crippen molar-refractivity contribution in [3.8, 4) is 5.69 Å². The SMILES string of the molecule is CC(=O)Nc1cccc2c1-n1nnnc1CC2. The Bertz CT molecular complexity index is 589. The van der Waals surface area contributed by atoms with Gasteiger partial charge in [-0.15, -0.1) is 5.10 Å². The first-order valence-corrected chi connectivity index (χ1v) is 5.43. The summed E-state index contributed by atoms with van der Waals surface area (Å²) in [6.45, 7) is 1.49. The number of carbonyl (C=O) groups is 1. The number of benzene rings is 1. The van der Waals surface area contributed by atoms with Crippen LogP contribution in [0.4, 0.5) is 5.69 Å². The molecule has 0 unspecified atom stereocenters. The van der Waals surface area contributed by atoms with Gasteiger partial charge in [0.2, 0.25) is 5.91 Å². The molecule has 2 heterocycles. The molecule has 0 radical (unpaired) electrons. The molecule has 1 aromatic carbocycles. The van der Waals surface area contributed by atoms with E-state index >= 15 is 0 Å². The second-order valence-electron chi connectivity index (χ2n) is 4.00. The fourth-order valence-electron chi connectivity index (χ4n) is 2.12. The van der Waals surface area contributed by atoms with E-state index < -0.39 is 0 Å². The predicted molar refractivity (Wildman–Crippen MR) is 60.9 cm³/mol. The lowest BCUT2D eigenvalue weighted by Gasteiger charge is -2.19. The third-order valence-electron chi connectivity index (χ3n) is 2.79. The Morgan fingerprint density at radius 1 is 1.41 bits per heavy atom. The molecule has 6 heteroatoms. The van der Waals surface area contributed by atoms with Gasteiger partial charge < -0.3 is 5.32 Å². The summed E-state index contributed by atoms with van der Waals surface area (Å²) in [5, 5.41) is 14.4. The Labute approximate surface area is 97.6 Å². The Morgan fingerprint density at radius 2 is 2.29 bits per heavy atom. The zero-order valence-electron chi connectivity index (χ0n) is 9.34. The highest BCUT2D eigenvalue weighted by Crippen LogP contribution is 2.29. The number of hydrogen-bond acceptors (Lipinski definition) is 4. The van der Waals surface area contributed by atoms with E-state index in [9.17, 15) is 4.79 Å². The molecule has 1 amide bonds. The first kappa shape index (κ1) is 9.95. The molecule has 0 spiro atoms. The van der Waals surface area contributed by atoms with E-state index in [2.05, 4.69) is 20.8 Å². The Balaban J connectivity index is 2.19. The van der Waals surface area contributed by atoms with Crippen LogP contribution in [-0.2, 0) is 17.6 Å². The number of fused-ring (bicyclic) bond motifs is 3. The average Bonchev–Trinajstić information content (AvgIpc) is 2.76. The van der Waals surface area contributed by atoms with Crippen molar-refractivity contribution in [1.82, 2.24) is 20.2 Å². The van der Waals surface area contributed by atoms with Crippen molar-refractivity contribution in [2.45, 2.75) is 19.8 Å². The van der Waals surface area contributed by atoms with Gasteiger partial charge in [0.15, 0.2) is 5.82 Å². The second kappa shape index (κ2) is 3.65. The quantitative estimate of drug-likeness (QED) is 0.782. The van der Waals surface area contributed by atoms with Crippen LogP contribution in [0.5, 0.6) is 0 Å². The maximum atomic E-state index is 11.2. The molecule has 3 rings (SSSR count). The lowest BCUT2D eigenvalue weighted by molar-refractivity contribution is -0.114. The minimum atomic E-state index is -0.0985. The maximum Gasteiger partial charge on any atom is 0.221 e. The van der Waals surface area contributed by atoms with Gasteiger partial charge in [-0.25, -0.2) is 0 Å². The predicted octanol–water partition coefficient (Wildman–Crippen LogP) is 0.719. The molecule has 0 fully saturated rings. The number of hydrogen-bond donors (Lipinski definition) is 1. The van der Waals surface area contributed by atoms with Gasteiger partial charge in [0.05, 0.1) is 11.4 Å². The molecule has 6 nitrogen and oxygen atoms in total. The minimum absolute atomic E-state index is 0.0985. The van der Waals surface area contributed by atoms with Crippen LogP contribution in [0.25, 0.3) is 5.69 Å². The van der Waals surface area contributed by atoms with Crippen LogP contribution in [-0.4, -0.2) is 26.1 Å². The van der Waals surface area contributed by atoms with Gasteiger partial charge in [-0.3, -0.25) is 4.79 Å². The summed E-state index contributed by atoms with van der Waals surface area (Å²) in [6.07, 6.45) is 1.71. The minimum Gasteiger partial charge on any atom is -0.324 e. The van der Waals surface area contributed by atoms with Crippen molar-refractivity contribution in [3.05, 3.63) is 29.6 Å². The highest BCUT2D eigenvalue weighted by molar-refractivity contribution is 5.91. The van der Waals surface area contributed by atoms with E-state index in [1.165, 1.54) is 6.92 Å². The number of para-hydroxylation sites is 1. The molecule has 1 aromatic heterocycles. The first-order chi connectivity index (χ1) is 8.25. The van der Waals surface area contributed by atoms with Crippen LogP contribution in [0.3, 0.4) is 0 Å². The number of anilines is 1. The Hall–Kier alpha value is -2.24. The van der Waals surface area contributed by atoms with E-state index in [0.29, 0.717) is 0 Å². The first-order valence-electron chi connectivity index (χ1n) is 5.43. The van der Waals surface area contributed by atoms with Crippen molar-refractivity contribution in [2.24, 2.45) is 0 Å². The maximum absolute atomic E-state index is 11.2. The third kappa shape index (κ3) is 1.57. The van der Waals surface area contributed by atoms with Crippen molar-refractivity contribution < 1.29 is 4.79 Å². The molecule has 86 valence electrons. The number of tetrazole rings is 1. The van der Waals surface area contributed by atoms with Gasteiger partial charge in [0.1, 0.15) is 0 Å². The highest BCUT2D eigenvalue weighted by Gasteiger charge is 2.21. The van der Waals surface area contributed by atoms with Gasteiger partial charge in [-0.05, 0) is 28.5 Å². The number of nitrogens with one attached hydrogen (secondary N) is 1. The number of aryl methyl sites for hydroxylation is 2. The van der Waals surface area contributed by atoms with Crippen molar-refractivity contribution >= 4 is 11.6 Å². The Morgan fingerprint density at radius 3 is 3.12 bits per heavy atom. The molecule has 2 aromatic rings. The normalized spacial score (nSPS) is 12.8. The summed E-state index contributed by atoms with van der Waals surface area (Å²) in [5.74, 6) is 0.730. The van der Waals surface area contributed by atoms with Crippen molar-refractivity contribution in [2.75, 3.05) is 5.32 Å². The number of amides is 1. The van der Waals surface area contributed by atoms with E-state index in [1.807, 2.05) is 18.2 Å². The molecule has 0 bridgehead atoms. The summed E-state index contributed by atoms with van der Waals surface area (Å²) in [4.78, 5) is 11.2. The fourth-order valence-corrected chi connectivity index (χ4v) is 2.12. The lowest BCUT2D eigenvalue weighted by atomic mass is 10.0. The molecular formula is C11H11N5O. The summed E-state index contributed by atoms with van der Waals surface area (Å²) in [6, 6.07) is 5.82. The molecule has 17 heavy (non-hydrogen) atoms. The van der Waals surface area contributed by atoms with E-state index in [4.69, 9.17) is 0 Å². The summed E-state index contributed by atoms with van der Waals surface area (Å²) >= 11 is 0. The third-order valence-corrected chi connectivity index (χ3v) is 2.79. The molecule has 0 atom stereocenters. The van der Waals surface area contributed by atoms with E-state index in [-0.39, 0.29) is 5.91 Å². The van der Waals surface area contributed by atoms with Crippen molar-refractivity contribution in [3.63, 3.8) is 0 Å². The standard InChI is InChI=1S/C11H11N5O/c1-7(17)12-9-4-2-3-8-5-6-10-13-14-15-16(10)11(8)9/h2-4H,5-6H2,1H3,(H,12,17). The molecular weight excluding hydrogens is 218 g/mol. The zero-order chi connectivity index (χ0) is 11.8. The van der Waals surface area contributed by atoms with Crippen molar-refractivity contribution in [1.29, 1.82) is 0 Å². The summed E-state index contributed by atoms with van der Waals surface area (Å²) in [5.41, 5.74) is 2.79. The van der Waals surface area contributed by atoms with Gasteiger partial charge in [-0.2, -0.15) is 4.68 Å². The molecule has 1 N–H and O–H groups in total. The van der Waals surface area contributed by atoms with Crippen LogP contribution in [0, 0.1) is 0 Å². The van der Waals surface area contributed by atoms with Crippen LogP contribution < -0.4 is 5.32 Å². The highest BCUT2D eigenvalue weighted by atomic mass is 16.1. The molecule has 1 aliphatic heterocycles. The van der Waals surface area contributed by atoms with Gasteiger partial charge in [-0.1, -0.05) is 12.1 Å². The summed E-state index contributed by atoms with van der Waals surface area (Å²) in [7, 11) is 0. The van der Waals surface area contributed by atoms with Gasteiger partial charge in [0.25, 0.3) is 0 Å². The largest absolute Gasteiger partial charge is 0.324 e. The monoisotopic (exact) mass is 229 g/mol. The number of nitrogens with zero attached hydrogens (tertiary/aromatic N) is 4. The smallest absolute Gasteiger partial charge is 0.221 e. The fraction of sp³-hybridized carbons (Fsp3) is 0.273. The number of rotatable bonds is 1. The van der Waals surface area contributed by atoms with Crippen LogP contribution >= 0.6 is 0 Å². The molecule has 0 saturated carbocycles. The van der Waals surface area contributed by atoms with E-state index in [0.717, 1.165) is 35.6 Å². The molecule has 0 saturated heterocycles. The van der Waals surface area contributed by atoms with Gasteiger partial charge >= 0.3 is 0 Å². The number of aromatic nitrogens is 4. The second-order valence-corrected chi connectivity index (χ2v) is 4.00. The topological polar surface area (TPSA) is 72.7 Å². The van der Waals surface area contributed by atoms with Crippen LogP contribution in [0.15, 0.2) is 18.2 Å². The Kier molecular flexibility index (Phi) is 2.14.